The molecule has 0 aromatic heterocycles. The quantitative estimate of drug-likeness (QED) is 0.0263. The summed E-state index contributed by atoms with van der Waals surface area (Å²) in [5.74, 6) is -0.951. The Kier molecular flexibility index (Phi) is 47.4. The maximum atomic E-state index is 12.8. The molecule has 0 unspecified atom stereocenters. The molecule has 0 saturated carbocycles. The Bertz CT molecular complexity index is 1120. The van der Waals surface area contributed by atoms with Gasteiger partial charge in [0, 0.05) is 19.3 Å². The first-order valence-corrected chi connectivity index (χ1v) is 25.8. The second-order valence-corrected chi connectivity index (χ2v) is 17.1. The van der Waals surface area contributed by atoms with Crippen molar-refractivity contribution in [3.05, 3.63) is 60.8 Å². The van der Waals surface area contributed by atoms with Crippen LogP contribution in [0.15, 0.2) is 60.8 Å². The number of esters is 3. The lowest BCUT2D eigenvalue weighted by molar-refractivity contribution is -0.167. The van der Waals surface area contributed by atoms with Crippen molar-refractivity contribution in [2.75, 3.05) is 13.2 Å². The van der Waals surface area contributed by atoms with Crippen molar-refractivity contribution in [1.82, 2.24) is 0 Å². The number of hydrogen-bond acceptors (Lipinski definition) is 6. The average molecular weight is 853 g/mol. The summed E-state index contributed by atoms with van der Waals surface area (Å²) in [4.78, 5) is 37.9. The van der Waals surface area contributed by atoms with E-state index < -0.39 is 6.10 Å². The number of allylic oxidation sites excluding steroid dienone is 10. The standard InChI is InChI=1S/C55H96O6/c1-4-7-10-13-16-19-22-24-26-27-29-30-33-36-39-42-45-48-54(57)60-51-52(50-59-53(56)47-44-41-38-35-32-21-18-15-12-9-6-3)61-55(58)49-46-43-40-37-34-31-28-25-23-20-17-14-11-8-5-2/h16,19-20,23-24,26,29-30,36,39,52H,4-15,17-18,21-22,25,27-28,31-35,37-38,40-51H2,1-3H3/b19-16-,23-20-,26-24-,30-29-,39-36-/t52-/m0/s1. The number of rotatable bonds is 46. The summed E-state index contributed by atoms with van der Waals surface area (Å²) < 4.78 is 16.7. The van der Waals surface area contributed by atoms with Crippen LogP contribution in [0.5, 0.6) is 0 Å². The van der Waals surface area contributed by atoms with Crippen LogP contribution >= 0.6 is 0 Å². The van der Waals surface area contributed by atoms with Crippen molar-refractivity contribution in [3.8, 4) is 0 Å². The molecule has 1 atom stereocenters. The van der Waals surface area contributed by atoms with Gasteiger partial charge in [-0.25, -0.2) is 0 Å². The summed E-state index contributed by atoms with van der Waals surface area (Å²) in [7, 11) is 0. The van der Waals surface area contributed by atoms with E-state index in [9.17, 15) is 14.4 Å². The number of carbonyl (C=O) groups is 3. The zero-order valence-corrected chi connectivity index (χ0v) is 40.2. The van der Waals surface area contributed by atoms with Crippen LogP contribution < -0.4 is 0 Å². The van der Waals surface area contributed by atoms with E-state index in [2.05, 4.69) is 81.5 Å². The van der Waals surface area contributed by atoms with Crippen LogP contribution in [0.2, 0.25) is 0 Å². The molecular weight excluding hydrogens is 757 g/mol. The van der Waals surface area contributed by atoms with E-state index >= 15 is 0 Å². The van der Waals surface area contributed by atoms with Crippen LogP contribution in [0.3, 0.4) is 0 Å². The summed E-state index contributed by atoms with van der Waals surface area (Å²) in [5.41, 5.74) is 0. The van der Waals surface area contributed by atoms with Gasteiger partial charge < -0.3 is 14.2 Å². The molecule has 6 heteroatoms. The van der Waals surface area contributed by atoms with Crippen LogP contribution in [0, 0.1) is 0 Å². The lowest BCUT2D eigenvalue weighted by atomic mass is 10.1. The van der Waals surface area contributed by atoms with Crippen LogP contribution in [0.1, 0.15) is 252 Å². The minimum atomic E-state index is -0.795. The number of carbonyl (C=O) groups excluding carboxylic acids is 3. The van der Waals surface area contributed by atoms with E-state index in [1.807, 2.05) is 0 Å². The highest BCUT2D eigenvalue weighted by molar-refractivity contribution is 5.71. The number of hydrogen-bond donors (Lipinski definition) is 0. The molecule has 0 aliphatic rings. The Morgan fingerprint density at radius 2 is 0.607 bits per heavy atom. The summed E-state index contributed by atoms with van der Waals surface area (Å²) in [5, 5.41) is 0. The van der Waals surface area contributed by atoms with Crippen LogP contribution in [0.25, 0.3) is 0 Å². The number of unbranched alkanes of at least 4 members (excludes halogenated alkanes) is 25. The smallest absolute Gasteiger partial charge is 0.306 e. The highest BCUT2D eigenvalue weighted by Crippen LogP contribution is 2.14. The van der Waals surface area contributed by atoms with Crippen molar-refractivity contribution in [3.63, 3.8) is 0 Å². The largest absolute Gasteiger partial charge is 0.462 e. The highest BCUT2D eigenvalue weighted by Gasteiger charge is 2.19. The van der Waals surface area contributed by atoms with Gasteiger partial charge in [-0.3, -0.25) is 14.4 Å². The van der Waals surface area contributed by atoms with Gasteiger partial charge in [-0.2, -0.15) is 0 Å². The van der Waals surface area contributed by atoms with Crippen LogP contribution in [-0.4, -0.2) is 37.2 Å². The molecule has 0 amide bonds. The minimum absolute atomic E-state index is 0.0911. The first-order chi connectivity index (χ1) is 30.0. The Hall–Kier alpha value is -2.89. The fourth-order valence-electron chi connectivity index (χ4n) is 7.08. The summed E-state index contributed by atoms with van der Waals surface area (Å²) in [6.45, 7) is 6.54. The second-order valence-electron chi connectivity index (χ2n) is 17.1. The fraction of sp³-hybridized carbons (Fsp3) is 0.764. The molecule has 0 aliphatic heterocycles. The van der Waals surface area contributed by atoms with E-state index in [1.54, 1.807) is 0 Å². The molecule has 0 spiro atoms. The molecule has 0 fully saturated rings. The molecule has 0 heterocycles. The molecular formula is C55H96O6. The second kappa shape index (κ2) is 49.8. The van der Waals surface area contributed by atoms with Crippen molar-refractivity contribution in [1.29, 1.82) is 0 Å². The third-order valence-electron chi connectivity index (χ3n) is 11.0. The monoisotopic (exact) mass is 853 g/mol. The lowest BCUT2D eigenvalue weighted by Gasteiger charge is -2.18. The molecule has 0 rings (SSSR count). The van der Waals surface area contributed by atoms with Crippen molar-refractivity contribution in [2.24, 2.45) is 0 Å². The number of ether oxygens (including phenoxy) is 3. The van der Waals surface area contributed by atoms with Crippen molar-refractivity contribution < 1.29 is 28.6 Å². The SMILES string of the molecule is CCCCC/C=C\C/C=C\C/C=C\C/C=C\CCCC(=O)OC[C@H](COC(=O)CCCCCCCCCCCCC)OC(=O)CCCCCCCCC/C=C\CCCCCC. The Morgan fingerprint density at radius 3 is 1.05 bits per heavy atom. The maximum Gasteiger partial charge on any atom is 0.306 e. The van der Waals surface area contributed by atoms with Gasteiger partial charge in [-0.05, 0) is 83.5 Å². The van der Waals surface area contributed by atoms with Gasteiger partial charge in [0.05, 0.1) is 0 Å². The Balaban J connectivity index is 4.45. The highest BCUT2D eigenvalue weighted by atomic mass is 16.6. The van der Waals surface area contributed by atoms with E-state index in [-0.39, 0.29) is 37.5 Å². The molecule has 61 heavy (non-hydrogen) atoms. The molecule has 0 aromatic carbocycles. The van der Waals surface area contributed by atoms with Gasteiger partial charge >= 0.3 is 17.9 Å². The molecule has 0 N–H and O–H groups in total. The third-order valence-corrected chi connectivity index (χ3v) is 11.0. The molecule has 6 nitrogen and oxygen atoms in total. The fourth-order valence-corrected chi connectivity index (χ4v) is 7.08. The first kappa shape index (κ1) is 58.1. The van der Waals surface area contributed by atoms with E-state index in [4.69, 9.17) is 14.2 Å². The topological polar surface area (TPSA) is 78.9 Å². The van der Waals surface area contributed by atoms with Gasteiger partial charge in [0.2, 0.25) is 0 Å². The van der Waals surface area contributed by atoms with Gasteiger partial charge in [0.15, 0.2) is 6.10 Å². The van der Waals surface area contributed by atoms with Crippen molar-refractivity contribution >= 4 is 17.9 Å². The van der Waals surface area contributed by atoms with E-state index in [0.29, 0.717) is 19.3 Å². The van der Waals surface area contributed by atoms with E-state index in [0.717, 1.165) is 64.2 Å². The summed E-state index contributed by atoms with van der Waals surface area (Å²) in [6.07, 6.45) is 60.6. The van der Waals surface area contributed by atoms with Gasteiger partial charge in [0.1, 0.15) is 13.2 Å². The maximum absolute atomic E-state index is 12.8. The summed E-state index contributed by atoms with van der Waals surface area (Å²) in [6, 6.07) is 0. The summed E-state index contributed by atoms with van der Waals surface area (Å²) >= 11 is 0. The lowest BCUT2D eigenvalue weighted by Crippen LogP contribution is -2.30. The zero-order valence-electron chi connectivity index (χ0n) is 40.2. The zero-order chi connectivity index (χ0) is 44.4. The normalized spacial score (nSPS) is 12.5. The first-order valence-electron chi connectivity index (χ1n) is 25.8. The molecule has 0 aliphatic carbocycles. The van der Waals surface area contributed by atoms with Gasteiger partial charge in [0.25, 0.3) is 0 Å². The third kappa shape index (κ3) is 48.0. The van der Waals surface area contributed by atoms with Crippen LogP contribution in [-0.2, 0) is 28.6 Å². The molecule has 352 valence electrons. The van der Waals surface area contributed by atoms with E-state index in [1.165, 1.54) is 141 Å². The molecule has 0 aromatic rings. The van der Waals surface area contributed by atoms with Gasteiger partial charge in [-0.1, -0.05) is 210 Å². The molecule has 0 bridgehead atoms. The minimum Gasteiger partial charge on any atom is -0.462 e. The molecule has 0 radical (unpaired) electrons. The van der Waals surface area contributed by atoms with Crippen molar-refractivity contribution in [2.45, 2.75) is 258 Å². The Labute approximate surface area is 377 Å². The predicted octanol–water partition coefficient (Wildman–Crippen LogP) is 16.9. The Morgan fingerprint density at radius 1 is 0.328 bits per heavy atom. The van der Waals surface area contributed by atoms with Gasteiger partial charge in [-0.15, -0.1) is 0 Å². The molecule has 0 saturated heterocycles. The average Bonchev–Trinajstić information content (AvgIpc) is 3.26. The van der Waals surface area contributed by atoms with Crippen LogP contribution in [0.4, 0.5) is 0 Å². The predicted molar refractivity (Wildman–Crippen MR) is 261 cm³/mol.